The Morgan fingerprint density at radius 3 is 2.50 bits per heavy atom. The average Bonchev–Trinajstić information content (AvgIpc) is 2.66. The number of hydrogen-bond donors (Lipinski definition) is 2. The van der Waals surface area contributed by atoms with Crippen LogP contribution in [0, 0.1) is 0 Å². The molecule has 1 heterocycles. The molecule has 0 saturated carbocycles. The monoisotopic (exact) mass is 348 g/mol. The van der Waals surface area contributed by atoms with E-state index in [1.807, 2.05) is 54.6 Å². The maximum absolute atomic E-state index is 5.28. The number of rotatable bonds is 7. The summed E-state index contributed by atoms with van der Waals surface area (Å²) >= 11 is 0. The van der Waals surface area contributed by atoms with Gasteiger partial charge in [0, 0.05) is 24.2 Å². The van der Waals surface area contributed by atoms with E-state index in [0.717, 1.165) is 28.4 Å². The van der Waals surface area contributed by atoms with Gasteiger partial charge in [0.05, 0.1) is 12.8 Å². The van der Waals surface area contributed by atoms with E-state index in [2.05, 4.69) is 40.5 Å². The van der Waals surface area contributed by atoms with Crippen LogP contribution in [-0.2, 0) is 6.54 Å². The van der Waals surface area contributed by atoms with Crippen molar-refractivity contribution in [1.29, 1.82) is 0 Å². The van der Waals surface area contributed by atoms with E-state index < -0.39 is 0 Å². The molecule has 2 N–H and O–H groups in total. The average molecular weight is 348 g/mol. The normalized spacial score (nSPS) is 10.6. The highest BCUT2D eigenvalue weighted by atomic mass is 16.5. The Balaban J connectivity index is 1.85. The molecule has 2 aromatic carbocycles. The lowest BCUT2D eigenvalue weighted by Gasteiger charge is -2.13. The Hall–Kier alpha value is -3.08. The fourth-order valence-corrected chi connectivity index (χ4v) is 2.59. The molecule has 0 fully saturated rings. The summed E-state index contributed by atoms with van der Waals surface area (Å²) in [6.45, 7) is 4.80. The highest BCUT2D eigenvalue weighted by molar-refractivity contribution is 5.64. The first-order valence-corrected chi connectivity index (χ1v) is 8.72. The lowest BCUT2D eigenvalue weighted by Crippen LogP contribution is -2.14. The van der Waals surface area contributed by atoms with E-state index in [-0.39, 0.29) is 6.04 Å². The molecule has 0 unspecified atom stereocenters. The standard InChI is InChI=1S/C21H24N4O/c1-15(2)23-21-24-19(17-9-5-4-6-10-17)13-20(25-21)22-14-16-8-7-11-18(12-16)26-3/h4-13,15H,14H2,1-3H3,(H2,22,23,24,25). The van der Waals surface area contributed by atoms with Crippen molar-refractivity contribution in [3.05, 3.63) is 66.2 Å². The number of ether oxygens (including phenoxy) is 1. The summed E-state index contributed by atoms with van der Waals surface area (Å²) in [4.78, 5) is 9.24. The molecule has 0 aliphatic rings. The number of anilines is 2. The number of methoxy groups -OCH3 is 1. The fraction of sp³-hybridized carbons (Fsp3) is 0.238. The van der Waals surface area contributed by atoms with Crippen molar-refractivity contribution < 1.29 is 4.74 Å². The van der Waals surface area contributed by atoms with Crippen LogP contribution >= 0.6 is 0 Å². The summed E-state index contributed by atoms with van der Waals surface area (Å²) in [5, 5.41) is 6.68. The molecule has 0 atom stereocenters. The second kappa shape index (κ2) is 8.34. The van der Waals surface area contributed by atoms with Gasteiger partial charge in [-0.3, -0.25) is 0 Å². The van der Waals surface area contributed by atoms with Gasteiger partial charge >= 0.3 is 0 Å². The Labute approximate surface area is 154 Å². The van der Waals surface area contributed by atoms with Gasteiger partial charge in [0.2, 0.25) is 5.95 Å². The minimum Gasteiger partial charge on any atom is -0.497 e. The number of nitrogens with zero attached hydrogens (tertiary/aromatic N) is 2. The maximum atomic E-state index is 5.28. The van der Waals surface area contributed by atoms with Crippen molar-refractivity contribution in [2.45, 2.75) is 26.4 Å². The predicted molar refractivity (Wildman–Crippen MR) is 107 cm³/mol. The van der Waals surface area contributed by atoms with Crippen molar-refractivity contribution >= 4 is 11.8 Å². The summed E-state index contributed by atoms with van der Waals surface area (Å²) in [7, 11) is 1.67. The molecule has 3 aromatic rings. The number of hydrogen-bond acceptors (Lipinski definition) is 5. The van der Waals surface area contributed by atoms with Gasteiger partial charge in [-0.05, 0) is 31.5 Å². The molecule has 0 aliphatic carbocycles. The zero-order valence-corrected chi connectivity index (χ0v) is 15.4. The van der Waals surface area contributed by atoms with Crippen molar-refractivity contribution in [2.75, 3.05) is 17.7 Å². The summed E-state index contributed by atoms with van der Waals surface area (Å²) in [6, 6.07) is 20.3. The maximum Gasteiger partial charge on any atom is 0.225 e. The molecule has 26 heavy (non-hydrogen) atoms. The third kappa shape index (κ3) is 4.72. The molecule has 0 radical (unpaired) electrons. The van der Waals surface area contributed by atoms with Gasteiger partial charge in [-0.25, -0.2) is 4.98 Å². The van der Waals surface area contributed by atoms with E-state index in [1.165, 1.54) is 0 Å². The van der Waals surface area contributed by atoms with Gasteiger partial charge in [-0.2, -0.15) is 4.98 Å². The zero-order chi connectivity index (χ0) is 18.4. The molecule has 134 valence electrons. The summed E-state index contributed by atoms with van der Waals surface area (Å²) in [5.41, 5.74) is 3.07. The van der Waals surface area contributed by atoms with E-state index in [4.69, 9.17) is 4.74 Å². The third-order valence-corrected chi connectivity index (χ3v) is 3.82. The molecule has 0 spiro atoms. The van der Waals surface area contributed by atoms with Crippen LogP contribution < -0.4 is 15.4 Å². The molecule has 0 amide bonds. The first kappa shape index (κ1) is 17.7. The van der Waals surface area contributed by atoms with Gasteiger partial charge < -0.3 is 15.4 Å². The Bertz CT molecular complexity index is 850. The molecule has 5 nitrogen and oxygen atoms in total. The largest absolute Gasteiger partial charge is 0.497 e. The highest BCUT2D eigenvalue weighted by Gasteiger charge is 2.08. The Morgan fingerprint density at radius 2 is 1.77 bits per heavy atom. The van der Waals surface area contributed by atoms with Crippen LogP contribution in [0.3, 0.4) is 0 Å². The Kier molecular flexibility index (Phi) is 5.69. The lowest BCUT2D eigenvalue weighted by molar-refractivity contribution is 0.414. The number of benzene rings is 2. The van der Waals surface area contributed by atoms with Crippen LogP contribution in [0.1, 0.15) is 19.4 Å². The van der Waals surface area contributed by atoms with Gasteiger partial charge in [-0.1, -0.05) is 42.5 Å². The van der Waals surface area contributed by atoms with E-state index in [9.17, 15) is 0 Å². The van der Waals surface area contributed by atoms with Crippen LogP contribution in [0.4, 0.5) is 11.8 Å². The fourth-order valence-electron chi connectivity index (χ4n) is 2.59. The molecule has 3 rings (SSSR count). The van der Waals surface area contributed by atoms with Gasteiger partial charge in [-0.15, -0.1) is 0 Å². The summed E-state index contributed by atoms with van der Waals surface area (Å²) in [5.74, 6) is 2.25. The van der Waals surface area contributed by atoms with Crippen LogP contribution in [0.25, 0.3) is 11.3 Å². The van der Waals surface area contributed by atoms with Crippen molar-refractivity contribution in [2.24, 2.45) is 0 Å². The van der Waals surface area contributed by atoms with Crippen molar-refractivity contribution in [3.8, 4) is 17.0 Å². The summed E-state index contributed by atoms with van der Waals surface area (Å²) in [6.07, 6.45) is 0. The molecular formula is C21H24N4O. The SMILES string of the molecule is COc1cccc(CNc2cc(-c3ccccc3)nc(NC(C)C)n2)c1. The first-order chi connectivity index (χ1) is 12.6. The predicted octanol–water partition coefficient (Wildman–Crippen LogP) is 4.58. The smallest absolute Gasteiger partial charge is 0.225 e. The van der Waals surface area contributed by atoms with Crippen LogP contribution in [0.15, 0.2) is 60.7 Å². The second-order valence-electron chi connectivity index (χ2n) is 6.33. The van der Waals surface area contributed by atoms with Crippen LogP contribution in [-0.4, -0.2) is 23.1 Å². The highest BCUT2D eigenvalue weighted by Crippen LogP contribution is 2.22. The lowest BCUT2D eigenvalue weighted by atomic mass is 10.1. The van der Waals surface area contributed by atoms with Gasteiger partial charge in [0.15, 0.2) is 0 Å². The molecule has 5 heteroatoms. The molecule has 1 aromatic heterocycles. The molecular weight excluding hydrogens is 324 g/mol. The van der Waals surface area contributed by atoms with Crippen LogP contribution in [0.5, 0.6) is 5.75 Å². The minimum absolute atomic E-state index is 0.257. The minimum atomic E-state index is 0.257. The quantitative estimate of drug-likeness (QED) is 0.654. The van der Waals surface area contributed by atoms with E-state index in [1.54, 1.807) is 7.11 Å². The van der Waals surface area contributed by atoms with E-state index >= 15 is 0 Å². The van der Waals surface area contributed by atoms with Crippen molar-refractivity contribution in [3.63, 3.8) is 0 Å². The summed E-state index contributed by atoms with van der Waals surface area (Å²) < 4.78 is 5.28. The van der Waals surface area contributed by atoms with Gasteiger partial charge in [0.25, 0.3) is 0 Å². The number of nitrogens with one attached hydrogen (secondary N) is 2. The molecule has 0 bridgehead atoms. The van der Waals surface area contributed by atoms with Crippen LogP contribution in [0.2, 0.25) is 0 Å². The third-order valence-electron chi connectivity index (χ3n) is 3.82. The number of aromatic nitrogens is 2. The van der Waals surface area contributed by atoms with Gasteiger partial charge in [0.1, 0.15) is 11.6 Å². The molecule has 0 aliphatic heterocycles. The first-order valence-electron chi connectivity index (χ1n) is 8.72. The zero-order valence-electron chi connectivity index (χ0n) is 15.4. The Morgan fingerprint density at radius 1 is 0.962 bits per heavy atom. The molecule has 0 saturated heterocycles. The van der Waals surface area contributed by atoms with E-state index in [0.29, 0.717) is 12.5 Å². The van der Waals surface area contributed by atoms with Crippen molar-refractivity contribution in [1.82, 2.24) is 9.97 Å². The topological polar surface area (TPSA) is 59.1 Å². The second-order valence-corrected chi connectivity index (χ2v) is 6.33.